The van der Waals surface area contributed by atoms with Crippen LogP contribution in [0.15, 0.2) is 24.7 Å². The maximum Gasteiger partial charge on any atom is 0.275 e. The van der Waals surface area contributed by atoms with Gasteiger partial charge in [0.25, 0.3) is 11.8 Å². The van der Waals surface area contributed by atoms with E-state index in [1.165, 1.54) is 0 Å². The van der Waals surface area contributed by atoms with E-state index in [-0.39, 0.29) is 41.7 Å². The zero-order chi connectivity index (χ0) is 26.8. The number of H-pyrrole nitrogens is 1. The second-order valence-corrected chi connectivity index (χ2v) is 11.7. The number of hydrogen-bond donors (Lipinski definition) is 1. The summed E-state index contributed by atoms with van der Waals surface area (Å²) in [5, 5.41) is 11.4. The molecular formula is C26H33F2N7O2. The molecule has 0 atom stereocenters. The Bertz CT molecular complexity index is 1330. The highest BCUT2D eigenvalue weighted by molar-refractivity contribution is 6.05. The maximum atomic E-state index is 13.8. The Hall–Kier alpha value is -3.37. The second-order valence-electron chi connectivity index (χ2n) is 11.7. The fourth-order valence-corrected chi connectivity index (χ4v) is 5.35. The van der Waals surface area contributed by atoms with E-state index in [0.29, 0.717) is 37.3 Å². The van der Waals surface area contributed by atoms with Gasteiger partial charge in [0.2, 0.25) is 5.92 Å². The lowest BCUT2D eigenvalue weighted by molar-refractivity contribution is -0.129. The van der Waals surface area contributed by atoms with Gasteiger partial charge >= 0.3 is 0 Å². The summed E-state index contributed by atoms with van der Waals surface area (Å²) in [5.41, 5.74) is 1.65. The van der Waals surface area contributed by atoms with Gasteiger partial charge in [-0.15, -0.1) is 0 Å². The molecule has 0 spiro atoms. The minimum Gasteiger partial charge on any atom is -0.321 e. The standard InChI is InChI=1S/C26H33F2N7O2/c1-24(2,3)18-12-19(16-6-8-26(27,28)9-7-16)32-35-15-20(31-21(18)35)22(36)34-11-10-33(17-13-29-30-14-17)23(37)25(34,4)5/h12-16H,6-11H2,1-5H3,(H,29,30). The number of carbonyl (C=O) groups is 2. The largest absolute Gasteiger partial charge is 0.321 e. The first-order valence-electron chi connectivity index (χ1n) is 12.7. The number of halogens is 2. The first-order chi connectivity index (χ1) is 17.3. The summed E-state index contributed by atoms with van der Waals surface area (Å²) in [6, 6.07) is 1.96. The Morgan fingerprint density at radius 2 is 1.86 bits per heavy atom. The highest BCUT2D eigenvalue weighted by atomic mass is 19.3. The molecule has 0 radical (unpaired) electrons. The van der Waals surface area contributed by atoms with E-state index in [9.17, 15) is 18.4 Å². The number of imidazole rings is 1. The van der Waals surface area contributed by atoms with Crippen LogP contribution >= 0.6 is 0 Å². The minimum atomic E-state index is -2.62. The molecule has 2 amide bonds. The molecule has 0 unspecified atom stereocenters. The summed E-state index contributed by atoms with van der Waals surface area (Å²) < 4.78 is 29.1. The number of piperazine rings is 1. The average molecular weight is 514 g/mol. The summed E-state index contributed by atoms with van der Waals surface area (Å²) in [4.78, 5) is 34.9. The molecule has 1 aliphatic heterocycles. The van der Waals surface area contributed by atoms with Crippen molar-refractivity contribution in [1.82, 2.24) is 29.7 Å². The number of amides is 2. The third-order valence-corrected chi connectivity index (χ3v) is 7.64. The molecule has 37 heavy (non-hydrogen) atoms. The average Bonchev–Trinajstić information content (AvgIpc) is 3.49. The molecule has 198 valence electrons. The van der Waals surface area contributed by atoms with E-state index < -0.39 is 11.5 Å². The van der Waals surface area contributed by atoms with Gasteiger partial charge in [-0.2, -0.15) is 10.2 Å². The highest BCUT2D eigenvalue weighted by Crippen LogP contribution is 2.41. The van der Waals surface area contributed by atoms with Crippen LogP contribution in [0.25, 0.3) is 5.65 Å². The fourth-order valence-electron chi connectivity index (χ4n) is 5.35. The molecule has 11 heteroatoms. The number of rotatable bonds is 3. The van der Waals surface area contributed by atoms with Crippen LogP contribution in [0.4, 0.5) is 14.5 Å². The van der Waals surface area contributed by atoms with Crippen LogP contribution in [0.1, 0.15) is 88.0 Å². The number of alkyl halides is 2. The van der Waals surface area contributed by atoms with Gasteiger partial charge in [-0.25, -0.2) is 18.3 Å². The summed E-state index contributed by atoms with van der Waals surface area (Å²) in [6.07, 6.45) is 5.26. The molecule has 4 heterocycles. The molecule has 5 rings (SSSR count). The van der Waals surface area contributed by atoms with E-state index in [1.54, 1.807) is 46.8 Å². The number of nitrogens with one attached hydrogen (secondary N) is 1. The summed E-state index contributed by atoms with van der Waals surface area (Å²) in [5.74, 6) is -3.25. The molecule has 1 aliphatic carbocycles. The SMILES string of the molecule is CC(C)(C)c1cc(C2CCC(F)(F)CC2)nn2cc(C(=O)N3CCN(c4cn[nH]c4)C(=O)C3(C)C)nc12. The molecule has 0 bridgehead atoms. The van der Waals surface area contributed by atoms with Crippen molar-refractivity contribution >= 4 is 23.1 Å². The monoisotopic (exact) mass is 513 g/mol. The number of fused-ring (bicyclic) bond motifs is 1. The highest BCUT2D eigenvalue weighted by Gasteiger charge is 2.46. The van der Waals surface area contributed by atoms with Gasteiger partial charge < -0.3 is 9.80 Å². The quantitative estimate of drug-likeness (QED) is 0.563. The third-order valence-electron chi connectivity index (χ3n) is 7.64. The number of hydrogen-bond acceptors (Lipinski definition) is 5. The van der Waals surface area contributed by atoms with Crippen LogP contribution in [0.2, 0.25) is 0 Å². The zero-order valence-electron chi connectivity index (χ0n) is 21.9. The first-order valence-corrected chi connectivity index (χ1v) is 12.7. The summed E-state index contributed by atoms with van der Waals surface area (Å²) in [6.45, 7) is 10.3. The predicted octanol–water partition coefficient (Wildman–Crippen LogP) is 4.31. The van der Waals surface area contributed by atoms with Gasteiger partial charge in [0.1, 0.15) is 11.2 Å². The Kier molecular flexibility index (Phi) is 5.87. The van der Waals surface area contributed by atoms with Gasteiger partial charge in [0.05, 0.1) is 23.8 Å². The molecule has 1 N–H and O–H groups in total. The molecule has 2 fully saturated rings. The van der Waals surface area contributed by atoms with Gasteiger partial charge in [0, 0.05) is 43.6 Å². The smallest absolute Gasteiger partial charge is 0.275 e. The van der Waals surface area contributed by atoms with E-state index in [4.69, 9.17) is 5.10 Å². The van der Waals surface area contributed by atoms with Crippen molar-refractivity contribution in [2.24, 2.45) is 0 Å². The molecule has 1 saturated carbocycles. The number of aromatic amines is 1. The van der Waals surface area contributed by atoms with Crippen LogP contribution < -0.4 is 4.90 Å². The van der Waals surface area contributed by atoms with Gasteiger partial charge in [-0.05, 0) is 38.2 Å². The molecule has 3 aromatic rings. The molecule has 0 aromatic carbocycles. The topological polar surface area (TPSA) is 99.5 Å². The van der Waals surface area contributed by atoms with Crippen molar-refractivity contribution in [1.29, 1.82) is 0 Å². The molecule has 3 aromatic heterocycles. The lowest BCUT2D eigenvalue weighted by atomic mass is 9.82. The normalized spacial score (nSPS) is 20.6. The Balaban J connectivity index is 1.48. The van der Waals surface area contributed by atoms with E-state index in [0.717, 1.165) is 11.3 Å². The van der Waals surface area contributed by atoms with Crippen molar-refractivity contribution in [3.8, 4) is 0 Å². The number of nitrogens with zero attached hydrogens (tertiary/aromatic N) is 6. The van der Waals surface area contributed by atoms with Crippen molar-refractivity contribution in [2.75, 3.05) is 18.0 Å². The van der Waals surface area contributed by atoms with Gasteiger partial charge in [0.15, 0.2) is 5.65 Å². The van der Waals surface area contributed by atoms with Crippen LogP contribution in [0, 0.1) is 0 Å². The van der Waals surface area contributed by atoms with Crippen molar-refractivity contribution in [2.45, 2.75) is 83.1 Å². The van der Waals surface area contributed by atoms with E-state index >= 15 is 0 Å². The number of anilines is 1. The van der Waals surface area contributed by atoms with Crippen molar-refractivity contribution < 1.29 is 18.4 Å². The maximum absolute atomic E-state index is 13.8. The summed E-state index contributed by atoms with van der Waals surface area (Å²) >= 11 is 0. The van der Waals surface area contributed by atoms with Crippen molar-refractivity contribution in [3.05, 3.63) is 41.6 Å². The minimum absolute atomic E-state index is 0.0702. The van der Waals surface area contributed by atoms with Crippen LogP contribution in [-0.4, -0.2) is 66.1 Å². The Morgan fingerprint density at radius 1 is 1.16 bits per heavy atom. The fraction of sp³-hybridized carbons (Fsp3) is 0.577. The van der Waals surface area contributed by atoms with Crippen LogP contribution in [0.3, 0.4) is 0 Å². The number of carbonyl (C=O) groups excluding carboxylic acids is 2. The molecular weight excluding hydrogens is 480 g/mol. The van der Waals surface area contributed by atoms with Crippen LogP contribution in [-0.2, 0) is 10.2 Å². The predicted molar refractivity (Wildman–Crippen MR) is 134 cm³/mol. The Labute approximate surface area is 214 Å². The third kappa shape index (κ3) is 4.48. The first kappa shape index (κ1) is 25.3. The zero-order valence-corrected chi connectivity index (χ0v) is 21.9. The molecule has 9 nitrogen and oxygen atoms in total. The van der Waals surface area contributed by atoms with Gasteiger partial charge in [-0.1, -0.05) is 20.8 Å². The number of aromatic nitrogens is 5. The van der Waals surface area contributed by atoms with E-state index in [1.807, 2.05) is 26.8 Å². The summed E-state index contributed by atoms with van der Waals surface area (Å²) in [7, 11) is 0. The molecule has 1 saturated heterocycles. The van der Waals surface area contributed by atoms with E-state index in [2.05, 4.69) is 15.2 Å². The molecule has 2 aliphatic rings. The lowest BCUT2D eigenvalue weighted by Crippen LogP contribution is -2.64. The van der Waals surface area contributed by atoms with Crippen molar-refractivity contribution in [3.63, 3.8) is 0 Å². The lowest BCUT2D eigenvalue weighted by Gasteiger charge is -2.45. The van der Waals surface area contributed by atoms with Crippen LogP contribution in [0.5, 0.6) is 0 Å². The second kappa shape index (κ2) is 8.59. The van der Waals surface area contributed by atoms with Gasteiger partial charge in [-0.3, -0.25) is 14.7 Å². The Morgan fingerprint density at radius 3 is 2.49 bits per heavy atom.